The van der Waals surface area contributed by atoms with Gasteiger partial charge in [0.1, 0.15) is 0 Å². The summed E-state index contributed by atoms with van der Waals surface area (Å²) >= 11 is 0. The van der Waals surface area contributed by atoms with E-state index < -0.39 is 0 Å². The lowest BCUT2D eigenvalue weighted by molar-refractivity contribution is 0.174. The van der Waals surface area contributed by atoms with Gasteiger partial charge in [0.25, 0.3) is 0 Å². The monoisotopic (exact) mass is 238 g/mol. The first-order chi connectivity index (χ1) is 7.94. The minimum atomic E-state index is -0.0742. The summed E-state index contributed by atoms with van der Waals surface area (Å²) < 4.78 is 0. The summed E-state index contributed by atoms with van der Waals surface area (Å²) in [5.41, 5.74) is 5.98. The Balaban J connectivity index is 1.79. The highest BCUT2D eigenvalue weighted by Crippen LogP contribution is 2.29. The van der Waals surface area contributed by atoms with E-state index in [9.17, 15) is 0 Å². The van der Waals surface area contributed by atoms with E-state index in [1.165, 1.54) is 19.4 Å². The zero-order valence-electron chi connectivity index (χ0n) is 11.4. The van der Waals surface area contributed by atoms with E-state index in [4.69, 9.17) is 5.73 Å². The summed E-state index contributed by atoms with van der Waals surface area (Å²) in [4.78, 5) is 9.32. The van der Waals surface area contributed by atoms with Gasteiger partial charge in [0.2, 0.25) is 0 Å². The molecule has 98 valence electrons. The quantitative estimate of drug-likeness (QED) is 0.579. The fourth-order valence-electron chi connectivity index (χ4n) is 2.24. The summed E-state index contributed by atoms with van der Waals surface area (Å²) in [6.07, 6.45) is 2.88. The fourth-order valence-corrected chi connectivity index (χ4v) is 2.24. The third kappa shape index (κ3) is 4.19. The molecule has 1 saturated heterocycles. The van der Waals surface area contributed by atoms with E-state index in [1.807, 2.05) is 0 Å². The van der Waals surface area contributed by atoms with Crippen LogP contribution in [-0.2, 0) is 0 Å². The predicted octanol–water partition coefficient (Wildman–Crippen LogP) is 1.13. The molecule has 0 spiro atoms. The molecule has 1 heterocycles. The first-order valence-electron chi connectivity index (χ1n) is 6.77. The molecule has 2 rings (SSSR count). The second-order valence-corrected chi connectivity index (χ2v) is 6.37. The minimum absolute atomic E-state index is 0.0742. The molecular weight excluding hydrogens is 212 g/mol. The van der Waals surface area contributed by atoms with E-state index in [-0.39, 0.29) is 5.54 Å². The first kappa shape index (κ1) is 12.7. The van der Waals surface area contributed by atoms with Crippen LogP contribution in [0.3, 0.4) is 0 Å². The largest absolute Gasteiger partial charge is 0.370 e. The summed E-state index contributed by atoms with van der Waals surface area (Å²) in [5.74, 6) is 1.70. The molecule has 0 aromatic rings. The van der Waals surface area contributed by atoms with Crippen LogP contribution in [0.4, 0.5) is 0 Å². The van der Waals surface area contributed by atoms with E-state index in [1.54, 1.807) is 0 Å². The van der Waals surface area contributed by atoms with Crippen molar-refractivity contribution in [3.63, 3.8) is 0 Å². The van der Waals surface area contributed by atoms with Gasteiger partial charge in [-0.2, -0.15) is 0 Å². The molecule has 1 aliphatic heterocycles. The first-order valence-corrected chi connectivity index (χ1v) is 6.77. The maximum atomic E-state index is 6.05. The molecule has 1 aliphatic carbocycles. The second kappa shape index (κ2) is 4.84. The number of piperazine rings is 1. The highest BCUT2D eigenvalue weighted by atomic mass is 15.3. The molecule has 2 aliphatic rings. The average molecular weight is 238 g/mol. The van der Waals surface area contributed by atoms with Crippen LogP contribution in [0.15, 0.2) is 4.99 Å². The van der Waals surface area contributed by atoms with Crippen LogP contribution in [0, 0.1) is 5.92 Å². The highest BCUT2D eigenvalue weighted by Gasteiger charge is 2.26. The smallest absolute Gasteiger partial charge is 0.191 e. The van der Waals surface area contributed by atoms with Crippen molar-refractivity contribution in [2.45, 2.75) is 39.2 Å². The lowest BCUT2D eigenvalue weighted by Crippen LogP contribution is -2.51. The van der Waals surface area contributed by atoms with Gasteiger partial charge in [0.15, 0.2) is 5.96 Å². The summed E-state index contributed by atoms with van der Waals surface area (Å²) in [7, 11) is 0. The Morgan fingerprint density at radius 3 is 2.24 bits per heavy atom. The molecule has 2 fully saturated rings. The van der Waals surface area contributed by atoms with Crippen molar-refractivity contribution >= 4 is 5.96 Å². The van der Waals surface area contributed by atoms with Crippen molar-refractivity contribution in [3.8, 4) is 0 Å². The van der Waals surface area contributed by atoms with Crippen molar-refractivity contribution in [3.05, 3.63) is 0 Å². The zero-order chi connectivity index (χ0) is 12.5. The number of aliphatic imine (C=N–C) groups is 1. The SMILES string of the molecule is CC(C)(C)N=C(N)N1CCN(CC2CC2)CC1. The Kier molecular flexibility index (Phi) is 3.61. The van der Waals surface area contributed by atoms with E-state index in [0.29, 0.717) is 5.96 Å². The molecule has 0 radical (unpaired) electrons. The van der Waals surface area contributed by atoms with Gasteiger partial charge in [-0.05, 0) is 39.5 Å². The van der Waals surface area contributed by atoms with Crippen LogP contribution >= 0.6 is 0 Å². The minimum Gasteiger partial charge on any atom is -0.370 e. The Hall–Kier alpha value is -0.770. The van der Waals surface area contributed by atoms with Gasteiger partial charge >= 0.3 is 0 Å². The third-order valence-electron chi connectivity index (χ3n) is 3.36. The van der Waals surface area contributed by atoms with E-state index in [2.05, 4.69) is 35.6 Å². The molecule has 4 heteroatoms. The lowest BCUT2D eigenvalue weighted by Gasteiger charge is -2.36. The second-order valence-electron chi connectivity index (χ2n) is 6.37. The zero-order valence-corrected chi connectivity index (χ0v) is 11.4. The van der Waals surface area contributed by atoms with Gasteiger partial charge in [0, 0.05) is 32.7 Å². The topological polar surface area (TPSA) is 44.9 Å². The van der Waals surface area contributed by atoms with Crippen molar-refractivity contribution in [2.75, 3.05) is 32.7 Å². The van der Waals surface area contributed by atoms with Gasteiger partial charge in [0.05, 0.1) is 5.54 Å². The number of nitrogens with two attached hydrogens (primary N) is 1. The predicted molar refractivity (Wildman–Crippen MR) is 72.1 cm³/mol. The van der Waals surface area contributed by atoms with Crippen LogP contribution in [0.1, 0.15) is 33.6 Å². The Bertz CT molecular complexity index is 280. The van der Waals surface area contributed by atoms with Crippen LogP contribution in [0.25, 0.3) is 0 Å². The lowest BCUT2D eigenvalue weighted by atomic mass is 10.1. The summed E-state index contributed by atoms with van der Waals surface area (Å²) in [5, 5.41) is 0. The number of guanidine groups is 1. The molecule has 0 unspecified atom stereocenters. The highest BCUT2D eigenvalue weighted by molar-refractivity contribution is 5.78. The Labute approximate surface area is 105 Å². The maximum Gasteiger partial charge on any atom is 0.191 e. The molecule has 0 amide bonds. The van der Waals surface area contributed by atoms with Crippen molar-refractivity contribution in [1.82, 2.24) is 9.80 Å². The van der Waals surface area contributed by atoms with Crippen molar-refractivity contribution in [1.29, 1.82) is 0 Å². The summed E-state index contributed by atoms with van der Waals surface area (Å²) in [6.45, 7) is 11.9. The van der Waals surface area contributed by atoms with Gasteiger partial charge in [-0.25, -0.2) is 4.99 Å². The third-order valence-corrected chi connectivity index (χ3v) is 3.36. The molecule has 0 aromatic carbocycles. The fraction of sp³-hybridized carbons (Fsp3) is 0.923. The molecule has 17 heavy (non-hydrogen) atoms. The molecule has 4 nitrogen and oxygen atoms in total. The van der Waals surface area contributed by atoms with Gasteiger partial charge < -0.3 is 10.6 Å². The van der Waals surface area contributed by atoms with Crippen LogP contribution < -0.4 is 5.73 Å². The number of hydrogen-bond acceptors (Lipinski definition) is 2. The molecular formula is C13H26N4. The maximum absolute atomic E-state index is 6.05. The average Bonchev–Trinajstić information content (AvgIpc) is 3.00. The number of nitrogens with zero attached hydrogens (tertiary/aromatic N) is 3. The van der Waals surface area contributed by atoms with E-state index in [0.717, 1.165) is 32.1 Å². The van der Waals surface area contributed by atoms with Gasteiger partial charge in [-0.1, -0.05) is 0 Å². The summed E-state index contributed by atoms with van der Waals surface area (Å²) in [6, 6.07) is 0. The molecule has 0 bridgehead atoms. The van der Waals surface area contributed by atoms with Gasteiger partial charge in [-0.3, -0.25) is 4.90 Å². The number of hydrogen-bond donors (Lipinski definition) is 1. The van der Waals surface area contributed by atoms with E-state index >= 15 is 0 Å². The van der Waals surface area contributed by atoms with Crippen LogP contribution in [0.5, 0.6) is 0 Å². The molecule has 0 atom stereocenters. The Morgan fingerprint density at radius 1 is 1.18 bits per heavy atom. The van der Waals surface area contributed by atoms with Crippen molar-refractivity contribution in [2.24, 2.45) is 16.6 Å². The Morgan fingerprint density at radius 2 is 1.76 bits per heavy atom. The normalized spacial score (nSPS) is 24.2. The standard InChI is InChI=1S/C13H26N4/c1-13(2,3)15-12(14)17-8-6-16(7-9-17)10-11-4-5-11/h11H,4-10H2,1-3H3,(H2,14,15). The molecule has 0 aromatic heterocycles. The van der Waals surface area contributed by atoms with Crippen molar-refractivity contribution < 1.29 is 0 Å². The van der Waals surface area contributed by atoms with Gasteiger partial charge in [-0.15, -0.1) is 0 Å². The number of rotatable bonds is 2. The van der Waals surface area contributed by atoms with Crippen LogP contribution in [-0.4, -0.2) is 54.0 Å². The molecule has 2 N–H and O–H groups in total. The van der Waals surface area contributed by atoms with Crippen LogP contribution in [0.2, 0.25) is 0 Å². The molecule has 1 saturated carbocycles.